The van der Waals surface area contributed by atoms with Gasteiger partial charge in [-0.25, -0.2) is 0 Å². The number of carboxylic acid groups (broad SMARTS) is 1. The van der Waals surface area contributed by atoms with Crippen molar-refractivity contribution in [3.63, 3.8) is 0 Å². The first-order chi connectivity index (χ1) is 9.46. The van der Waals surface area contributed by atoms with Crippen LogP contribution in [0.5, 0.6) is 0 Å². The summed E-state index contributed by atoms with van der Waals surface area (Å²) in [6.45, 7) is 8.55. The molecule has 0 amide bonds. The molecule has 0 aromatic carbocycles. The number of rotatable bonds is 7. The predicted molar refractivity (Wildman–Crippen MR) is 77.9 cm³/mol. The van der Waals surface area contributed by atoms with Gasteiger partial charge < -0.3 is 9.84 Å². The van der Waals surface area contributed by atoms with E-state index in [2.05, 4.69) is 24.1 Å². The van der Waals surface area contributed by atoms with E-state index in [1.807, 2.05) is 6.92 Å². The molecule has 0 bridgehead atoms. The van der Waals surface area contributed by atoms with Gasteiger partial charge in [0.2, 0.25) is 0 Å². The molecule has 1 aliphatic heterocycles. The largest absolute Gasteiger partial charge is 0.480 e. The van der Waals surface area contributed by atoms with Crippen LogP contribution in [-0.4, -0.2) is 59.4 Å². The number of ether oxygens (including phenoxy) is 1. The Labute approximate surface area is 121 Å². The third kappa shape index (κ3) is 3.71. The second-order valence-electron chi connectivity index (χ2n) is 6.48. The van der Waals surface area contributed by atoms with E-state index in [0.29, 0.717) is 18.5 Å². The van der Waals surface area contributed by atoms with Crippen LogP contribution in [0.4, 0.5) is 0 Å². The first-order valence-corrected chi connectivity index (χ1v) is 7.81. The van der Waals surface area contributed by atoms with Crippen LogP contribution < -0.4 is 5.32 Å². The van der Waals surface area contributed by atoms with Crippen molar-refractivity contribution < 1.29 is 14.6 Å². The normalized spacial score (nSPS) is 28.9. The third-order valence-corrected chi connectivity index (χ3v) is 4.59. The number of morpholine rings is 1. The molecule has 5 heteroatoms. The average molecular weight is 284 g/mol. The maximum absolute atomic E-state index is 11.6. The van der Waals surface area contributed by atoms with Crippen molar-refractivity contribution in [2.24, 2.45) is 0 Å². The predicted octanol–water partition coefficient (Wildman–Crippen LogP) is 1.47. The number of aliphatic carboxylic acids is 1. The molecule has 3 unspecified atom stereocenters. The highest BCUT2D eigenvalue weighted by atomic mass is 16.5. The summed E-state index contributed by atoms with van der Waals surface area (Å²) in [5.41, 5.74) is -0.822. The zero-order chi connectivity index (χ0) is 14.8. The molecule has 0 aromatic rings. The fraction of sp³-hybridized carbons (Fsp3) is 0.933. The zero-order valence-corrected chi connectivity index (χ0v) is 12.9. The lowest BCUT2D eigenvalue weighted by molar-refractivity contribution is -0.145. The van der Waals surface area contributed by atoms with E-state index < -0.39 is 11.5 Å². The Morgan fingerprint density at radius 1 is 1.55 bits per heavy atom. The minimum absolute atomic E-state index is 0.246. The van der Waals surface area contributed by atoms with E-state index in [9.17, 15) is 9.90 Å². The lowest BCUT2D eigenvalue weighted by Crippen LogP contribution is -2.57. The topological polar surface area (TPSA) is 61.8 Å². The molecule has 2 aliphatic rings. The van der Waals surface area contributed by atoms with Gasteiger partial charge in [-0.3, -0.25) is 15.0 Å². The lowest BCUT2D eigenvalue weighted by atomic mass is 9.91. The van der Waals surface area contributed by atoms with Crippen LogP contribution in [0.2, 0.25) is 0 Å². The summed E-state index contributed by atoms with van der Waals surface area (Å²) in [4.78, 5) is 14.1. The molecule has 1 heterocycles. The van der Waals surface area contributed by atoms with Gasteiger partial charge in [0.1, 0.15) is 5.54 Å². The van der Waals surface area contributed by atoms with E-state index >= 15 is 0 Å². The molecule has 2 fully saturated rings. The van der Waals surface area contributed by atoms with Crippen molar-refractivity contribution >= 4 is 5.97 Å². The molecule has 1 aliphatic carbocycles. The number of nitrogens with one attached hydrogen (secondary N) is 1. The number of hydrogen-bond donors (Lipinski definition) is 2. The molecule has 1 saturated carbocycles. The standard InChI is InChI=1S/C15H28N2O3/c1-4-13-10-20-8-7-17(13)11(2)9-15(3,14(18)19)16-12-5-6-12/h11-13,16H,4-10H2,1-3H3,(H,18,19). The second kappa shape index (κ2) is 6.41. The van der Waals surface area contributed by atoms with Gasteiger partial charge in [-0.05, 0) is 39.5 Å². The van der Waals surface area contributed by atoms with Crippen LogP contribution >= 0.6 is 0 Å². The van der Waals surface area contributed by atoms with Crippen molar-refractivity contribution in [1.82, 2.24) is 10.2 Å². The minimum atomic E-state index is -0.822. The molecule has 0 aromatic heterocycles. The Kier molecular flexibility index (Phi) is 5.04. The summed E-state index contributed by atoms with van der Waals surface area (Å²) in [6.07, 6.45) is 3.89. The first kappa shape index (κ1) is 15.7. The Morgan fingerprint density at radius 2 is 2.25 bits per heavy atom. The minimum Gasteiger partial charge on any atom is -0.480 e. The third-order valence-electron chi connectivity index (χ3n) is 4.59. The summed E-state index contributed by atoms with van der Waals surface area (Å²) in [5, 5.41) is 12.9. The van der Waals surface area contributed by atoms with Crippen LogP contribution in [-0.2, 0) is 9.53 Å². The Hall–Kier alpha value is -0.650. The van der Waals surface area contributed by atoms with Gasteiger partial charge in [0.25, 0.3) is 0 Å². The molecule has 2 N–H and O–H groups in total. The van der Waals surface area contributed by atoms with E-state index in [1.54, 1.807) is 0 Å². The van der Waals surface area contributed by atoms with Crippen molar-refractivity contribution in [2.75, 3.05) is 19.8 Å². The van der Waals surface area contributed by atoms with Crippen molar-refractivity contribution in [3.8, 4) is 0 Å². The summed E-state index contributed by atoms with van der Waals surface area (Å²) in [5.74, 6) is -0.738. The van der Waals surface area contributed by atoms with Crippen molar-refractivity contribution in [1.29, 1.82) is 0 Å². The molecule has 116 valence electrons. The molecule has 1 saturated heterocycles. The number of hydrogen-bond acceptors (Lipinski definition) is 4. The molecular weight excluding hydrogens is 256 g/mol. The fourth-order valence-corrected chi connectivity index (χ4v) is 3.19. The Balaban J connectivity index is 1.99. The van der Waals surface area contributed by atoms with Gasteiger partial charge >= 0.3 is 5.97 Å². The maximum Gasteiger partial charge on any atom is 0.323 e. The Bertz CT molecular complexity index is 346. The van der Waals surface area contributed by atoms with Gasteiger partial charge in [-0.15, -0.1) is 0 Å². The summed E-state index contributed by atoms with van der Waals surface area (Å²) >= 11 is 0. The van der Waals surface area contributed by atoms with Gasteiger partial charge in [0.15, 0.2) is 0 Å². The molecule has 2 rings (SSSR count). The number of nitrogens with zero attached hydrogens (tertiary/aromatic N) is 1. The SMILES string of the molecule is CCC1COCCN1C(C)CC(C)(NC1CC1)C(=O)O. The van der Waals surface area contributed by atoms with E-state index in [4.69, 9.17) is 4.74 Å². The average Bonchev–Trinajstić information content (AvgIpc) is 3.22. The van der Waals surface area contributed by atoms with Gasteiger partial charge in [-0.1, -0.05) is 6.92 Å². The molecular formula is C15H28N2O3. The zero-order valence-electron chi connectivity index (χ0n) is 12.9. The van der Waals surface area contributed by atoms with Crippen LogP contribution in [0.15, 0.2) is 0 Å². The maximum atomic E-state index is 11.6. The highest BCUT2D eigenvalue weighted by molar-refractivity contribution is 5.78. The molecule has 3 atom stereocenters. The summed E-state index contributed by atoms with van der Waals surface area (Å²) in [6, 6.07) is 1.06. The summed E-state index contributed by atoms with van der Waals surface area (Å²) in [7, 11) is 0. The van der Waals surface area contributed by atoms with Crippen LogP contribution in [0.1, 0.15) is 46.5 Å². The number of carboxylic acids is 1. The highest BCUT2D eigenvalue weighted by Gasteiger charge is 2.41. The lowest BCUT2D eigenvalue weighted by Gasteiger charge is -2.42. The molecule has 20 heavy (non-hydrogen) atoms. The van der Waals surface area contributed by atoms with E-state index in [-0.39, 0.29) is 6.04 Å². The molecule has 0 spiro atoms. The smallest absolute Gasteiger partial charge is 0.323 e. The Morgan fingerprint density at radius 3 is 2.80 bits per heavy atom. The van der Waals surface area contributed by atoms with Crippen molar-refractivity contribution in [3.05, 3.63) is 0 Å². The van der Waals surface area contributed by atoms with Crippen LogP contribution in [0.3, 0.4) is 0 Å². The quantitative estimate of drug-likeness (QED) is 0.741. The number of carbonyl (C=O) groups is 1. The van der Waals surface area contributed by atoms with E-state index in [1.165, 1.54) is 0 Å². The highest BCUT2D eigenvalue weighted by Crippen LogP contribution is 2.27. The molecule has 5 nitrogen and oxygen atoms in total. The second-order valence-corrected chi connectivity index (χ2v) is 6.48. The van der Waals surface area contributed by atoms with E-state index in [0.717, 1.165) is 39.0 Å². The van der Waals surface area contributed by atoms with Gasteiger partial charge in [-0.2, -0.15) is 0 Å². The monoisotopic (exact) mass is 284 g/mol. The van der Waals surface area contributed by atoms with Crippen LogP contribution in [0, 0.1) is 0 Å². The fourth-order valence-electron chi connectivity index (χ4n) is 3.19. The first-order valence-electron chi connectivity index (χ1n) is 7.81. The summed E-state index contributed by atoms with van der Waals surface area (Å²) < 4.78 is 5.53. The van der Waals surface area contributed by atoms with Gasteiger partial charge in [0, 0.05) is 24.7 Å². The molecule has 0 radical (unpaired) electrons. The van der Waals surface area contributed by atoms with Crippen LogP contribution in [0.25, 0.3) is 0 Å². The van der Waals surface area contributed by atoms with Gasteiger partial charge in [0.05, 0.1) is 13.2 Å². The van der Waals surface area contributed by atoms with Crippen molar-refractivity contribution in [2.45, 2.75) is 70.1 Å².